The zero-order valence-electron chi connectivity index (χ0n) is 16.6. The fourth-order valence-corrected chi connectivity index (χ4v) is 3.78. The normalized spacial score (nSPS) is 15.8. The average Bonchev–Trinajstić information content (AvgIpc) is 3.11. The maximum atomic E-state index is 12.5. The minimum Gasteiger partial charge on any atom is -0.385 e. The Bertz CT molecular complexity index is 1000. The number of fused-ring (bicyclic) bond motifs is 1. The number of nitrogens with one attached hydrogen (secondary N) is 1. The van der Waals surface area contributed by atoms with Crippen molar-refractivity contribution in [2.45, 2.75) is 13.0 Å². The lowest BCUT2D eigenvalue weighted by molar-refractivity contribution is -0.122. The number of likely N-dealkylation sites (N-methyl/N-ethyl adjacent to an activating group) is 2. The lowest BCUT2D eigenvalue weighted by Gasteiger charge is -2.10. The predicted octanol–water partition coefficient (Wildman–Crippen LogP) is 2.59. The summed E-state index contributed by atoms with van der Waals surface area (Å²) in [6.07, 6.45) is 4.47. The summed E-state index contributed by atoms with van der Waals surface area (Å²) in [6, 6.07) is 5.87. The van der Waals surface area contributed by atoms with Gasteiger partial charge in [0, 0.05) is 61.5 Å². The molecule has 2 amide bonds. The topological polar surface area (TPSA) is 66.8 Å². The van der Waals surface area contributed by atoms with E-state index in [2.05, 4.69) is 21.2 Å². The minimum atomic E-state index is -0.149. The van der Waals surface area contributed by atoms with Gasteiger partial charge in [-0.2, -0.15) is 0 Å². The first-order chi connectivity index (χ1) is 13.8. The van der Waals surface area contributed by atoms with E-state index in [1.165, 1.54) is 4.90 Å². The fraction of sp³-hybridized carbons (Fsp3) is 0.350. The van der Waals surface area contributed by atoms with Gasteiger partial charge in [0.05, 0.1) is 0 Å². The average molecular weight is 479 g/mol. The molecule has 154 valence electrons. The summed E-state index contributed by atoms with van der Waals surface area (Å²) in [5.74, 6) is -0.223. The van der Waals surface area contributed by atoms with Crippen LogP contribution in [-0.2, 0) is 20.9 Å². The Kier molecular flexibility index (Phi) is 6.71. The Balaban J connectivity index is 1.92. The number of halogens is 1. The highest BCUT2D eigenvalue weighted by atomic mass is 79.9. The van der Waals surface area contributed by atoms with Gasteiger partial charge in [0.2, 0.25) is 5.91 Å². The van der Waals surface area contributed by atoms with Gasteiger partial charge in [-0.15, -0.1) is 0 Å². The fourth-order valence-electron chi connectivity index (χ4n) is 3.23. The molecule has 2 aromatic rings. The molecule has 1 saturated heterocycles. The third-order valence-electron chi connectivity index (χ3n) is 4.79. The second-order valence-corrected chi connectivity index (χ2v) is 8.09. The lowest BCUT2D eigenvalue weighted by atomic mass is 10.1. The van der Waals surface area contributed by atoms with Gasteiger partial charge in [-0.25, -0.2) is 0 Å². The molecule has 9 heteroatoms. The molecule has 3 rings (SSSR count). The van der Waals surface area contributed by atoms with Crippen molar-refractivity contribution in [3.63, 3.8) is 0 Å². The van der Waals surface area contributed by atoms with E-state index in [0.29, 0.717) is 24.0 Å². The van der Waals surface area contributed by atoms with E-state index < -0.39 is 0 Å². The molecule has 0 unspecified atom stereocenters. The molecule has 2 heterocycles. The minimum absolute atomic E-state index is 0.0740. The monoisotopic (exact) mass is 478 g/mol. The summed E-state index contributed by atoms with van der Waals surface area (Å²) in [6.45, 7) is 1.37. The zero-order valence-corrected chi connectivity index (χ0v) is 19.0. The Labute approximate surface area is 183 Å². The van der Waals surface area contributed by atoms with Crippen LogP contribution in [0.25, 0.3) is 17.0 Å². The second-order valence-electron chi connectivity index (χ2n) is 6.81. The molecular weight excluding hydrogens is 456 g/mol. The van der Waals surface area contributed by atoms with E-state index in [1.54, 1.807) is 26.1 Å². The molecule has 0 aliphatic carbocycles. The van der Waals surface area contributed by atoms with Crippen LogP contribution in [0.5, 0.6) is 0 Å². The summed E-state index contributed by atoms with van der Waals surface area (Å²) in [7, 11) is 5.08. The van der Waals surface area contributed by atoms with E-state index in [9.17, 15) is 9.59 Å². The van der Waals surface area contributed by atoms with Gasteiger partial charge in [0.1, 0.15) is 12.2 Å². The van der Waals surface area contributed by atoms with Gasteiger partial charge in [-0.1, -0.05) is 15.9 Å². The van der Waals surface area contributed by atoms with Gasteiger partial charge in [0.15, 0.2) is 5.11 Å². The first kappa shape index (κ1) is 21.5. The van der Waals surface area contributed by atoms with Crippen LogP contribution >= 0.6 is 28.1 Å². The Morgan fingerprint density at radius 2 is 2.07 bits per heavy atom. The van der Waals surface area contributed by atoms with Crippen LogP contribution in [0.1, 0.15) is 12.0 Å². The van der Waals surface area contributed by atoms with Crippen LogP contribution in [0.15, 0.2) is 34.6 Å². The largest absolute Gasteiger partial charge is 0.385 e. The number of hydrogen-bond acceptors (Lipinski definition) is 4. The third kappa shape index (κ3) is 4.52. The van der Waals surface area contributed by atoms with Gasteiger partial charge in [0.25, 0.3) is 5.91 Å². The van der Waals surface area contributed by atoms with Crippen LogP contribution in [0, 0.1) is 0 Å². The van der Waals surface area contributed by atoms with E-state index >= 15 is 0 Å². The molecule has 1 aromatic heterocycles. The molecule has 0 atom stereocenters. The molecule has 7 nitrogen and oxygen atoms in total. The number of carbonyl (C=O) groups is 2. The zero-order chi connectivity index (χ0) is 21.1. The van der Waals surface area contributed by atoms with E-state index in [4.69, 9.17) is 17.0 Å². The van der Waals surface area contributed by atoms with Crippen LogP contribution in [0.3, 0.4) is 0 Å². The summed E-state index contributed by atoms with van der Waals surface area (Å²) in [4.78, 5) is 28.0. The maximum Gasteiger partial charge on any atom is 0.276 e. The number of benzene rings is 1. The van der Waals surface area contributed by atoms with E-state index in [-0.39, 0.29) is 18.4 Å². The molecule has 0 radical (unpaired) electrons. The van der Waals surface area contributed by atoms with Crippen molar-refractivity contribution in [2.75, 3.05) is 34.4 Å². The second kappa shape index (κ2) is 9.06. The molecule has 1 fully saturated rings. The van der Waals surface area contributed by atoms with E-state index in [0.717, 1.165) is 27.4 Å². The Hall–Kier alpha value is -2.23. The van der Waals surface area contributed by atoms with Crippen LogP contribution in [0.4, 0.5) is 0 Å². The molecule has 0 bridgehead atoms. The van der Waals surface area contributed by atoms with Crippen molar-refractivity contribution in [3.8, 4) is 0 Å². The summed E-state index contributed by atoms with van der Waals surface area (Å²) >= 11 is 8.79. The highest BCUT2D eigenvalue weighted by Gasteiger charge is 2.33. The first-order valence-corrected chi connectivity index (χ1v) is 10.3. The molecule has 1 aromatic carbocycles. The lowest BCUT2D eigenvalue weighted by Crippen LogP contribution is -2.28. The number of aromatic nitrogens is 1. The van der Waals surface area contributed by atoms with Gasteiger partial charge in [-0.3, -0.25) is 14.5 Å². The molecule has 0 spiro atoms. The molecule has 1 aliphatic rings. The number of carbonyl (C=O) groups excluding carboxylic acids is 2. The third-order valence-corrected chi connectivity index (χ3v) is 5.83. The SMILES string of the molecule is COCCCNC(=O)Cn1cc(C=C2C(=O)N(C)C(=S)N2C)c2cc(Br)ccc21. The smallest absolute Gasteiger partial charge is 0.276 e. The van der Waals surface area contributed by atoms with Crippen LogP contribution in [-0.4, -0.2) is 65.7 Å². The van der Waals surface area contributed by atoms with Crippen LogP contribution in [0.2, 0.25) is 0 Å². The first-order valence-electron chi connectivity index (χ1n) is 9.15. The Morgan fingerprint density at radius 1 is 1.31 bits per heavy atom. The van der Waals surface area contributed by atoms with Gasteiger partial charge in [-0.05, 0) is 42.9 Å². The van der Waals surface area contributed by atoms with Gasteiger partial charge >= 0.3 is 0 Å². The number of thiocarbonyl (C=S) groups is 1. The van der Waals surface area contributed by atoms with E-state index in [1.807, 2.05) is 35.0 Å². The number of ether oxygens (including phenoxy) is 1. The van der Waals surface area contributed by atoms with Crippen LogP contribution < -0.4 is 5.32 Å². The maximum absolute atomic E-state index is 12.5. The number of amides is 2. The van der Waals surface area contributed by atoms with Crippen molar-refractivity contribution < 1.29 is 14.3 Å². The molecule has 29 heavy (non-hydrogen) atoms. The van der Waals surface area contributed by atoms with Crippen molar-refractivity contribution in [3.05, 3.63) is 40.1 Å². The van der Waals surface area contributed by atoms with Gasteiger partial charge < -0.3 is 19.5 Å². The quantitative estimate of drug-likeness (QED) is 0.376. The van der Waals surface area contributed by atoms with Crippen molar-refractivity contribution in [1.29, 1.82) is 0 Å². The molecule has 0 saturated carbocycles. The number of hydrogen-bond donors (Lipinski definition) is 1. The highest BCUT2D eigenvalue weighted by molar-refractivity contribution is 9.10. The number of nitrogens with zero attached hydrogens (tertiary/aromatic N) is 3. The summed E-state index contributed by atoms with van der Waals surface area (Å²) in [5, 5.41) is 4.30. The Morgan fingerprint density at radius 3 is 2.72 bits per heavy atom. The number of methoxy groups -OCH3 is 1. The van der Waals surface area contributed by atoms with Crippen molar-refractivity contribution in [1.82, 2.24) is 19.7 Å². The highest BCUT2D eigenvalue weighted by Crippen LogP contribution is 2.29. The summed E-state index contributed by atoms with van der Waals surface area (Å²) in [5.41, 5.74) is 2.26. The number of rotatable bonds is 7. The van der Waals surface area contributed by atoms with Crippen molar-refractivity contribution in [2.24, 2.45) is 0 Å². The molecule has 1 aliphatic heterocycles. The summed E-state index contributed by atoms with van der Waals surface area (Å²) < 4.78 is 7.81. The standard InChI is InChI=1S/C20H23BrN4O3S/c1-23-17(19(27)24(2)20(23)29)9-13-11-25(12-18(26)22-7-4-8-28-3)16-6-5-14(21)10-15(13)16/h5-6,9-11H,4,7-8,12H2,1-3H3,(H,22,26). The van der Waals surface area contributed by atoms with Crippen molar-refractivity contribution >= 4 is 62.1 Å². The molecular formula is C20H23BrN4O3S. The predicted molar refractivity (Wildman–Crippen MR) is 120 cm³/mol. The molecule has 1 N–H and O–H groups in total.